The molecule has 7 nitrogen and oxygen atoms in total. The smallest absolute Gasteiger partial charge is 0.291 e. The van der Waals surface area contributed by atoms with Gasteiger partial charge in [-0.15, -0.1) is 5.10 Å². The van der Waals surface area contributed by atoms with Crippen LogP contribution in [0.25, 0.3) is 0 Å². The summed E-state index contributed by atoms with van der Waals surface area (Å²) >= 11 is 0. The molecule has 0 spiro atoms. The van der Waals surface area contributed by atoms with Crippen molar-refractivity contribution in [3.8, 4) is 11.5 Å². The van der Waals surface area contributed by atoms with Gasteiger partial charge in [0.25, 0.3) is 5.91 Å². The fourth-order valence-electron chi connectivity index (χ4n) is 1.72. The highest BCUT2D eigenvalue weighted by Gasteiger charge is 2.12. The van der Waals surface area contributed by atoms with Crippen molar-refractivity contribution >= 4 is 5.91 Å². The molecule has 0 bridgehead atoms. The van der Waals surface area contributed by atoms with Gasteiger partial charge in [-0.1, -0.05) is 0 Å². The Morgan fingerprint density at radius 2 is 2.15 bits per heavy atom. The van der Waals surface area contributed by atoms with Gasteiger partial charge in [0.15, 0.2) is 0 Å². The molecule has 2 N–H and O–H groups in total. The van der Waals surface area contributed by atoms with Crippen LogP contribution in [0, 0.1) is 6.92 Å². The lowest BCUT2D eigenvalue weighted by atomic mass is 10.2. The number of ether oxygens (including phenoxy) is 2. The van der Waals surface area contributed by atoms with Crippen LogP contribution >= 0.6 is 0 Å². The zero-order chi connectivity index (χ0) is 14.5. The molecule has 2 aromatic rings. The zero-order valence-electron chi connectivity index (χ0n) is 11.6. The van der Waals surface area contributed by atoms with Crippen LogP contribution in [0.5, 0.6) is 11.5 Å². The maximum absolute atomic E-state index is 11.9. The molecular formula is C13H16N4O3. The number of hydrogen-bond donors (Lipinski definition) is 2. The number of nitrogens with one attached hydrogen (secondary N) is 2. The van der Waals surface area contributed by atoms with E-state index in [0.29, 0.717) is 23.9 Å². The van der Waals surface area contributed by atoms with Gasteiger partial charge in [0.1, 0.15) is 17.3 Å². The minimum atomic E-state index is -0.348. The average molecular weight is 276 g/mol. The highest BCUT2D eigenvalue weighted by molar-refractivity contribution is 5.90. The predicted octanol–water partition coefficient (Wildman–Crippen LogP) is 1.06. The Balaban J connectivity index is 2.08. The summed E-state index contributed by atoms with van der Waals surface area (Å²) in [4.78, 5) is 15.8. The largest absolute Gasteiger partial charge is 0.497 e. The Kier molecular flexibility index (Phi) is 4.19. The maximum atomic E-state index is 11.9. The van der Waals surface area contributed by atoms with Crippen LogP contribution < -0.4 is 14.8 Å². The van der Waals surface area contributed by atoms with Crippen LogP contribution in [0.4, 0.5) is 0 Å². The van der Waals surface area contributed by atoms with E-state index in [2.05, 4.69) is 20.5 Å². The number of nitrogens with zero attached hydrogens (tertiary/aromatic N) is 2. The van der Waals surface area contributed by atoms with E-state index in [1.807, 2.05) is 6.07 Å². The first kappa shape index (κ1) is 13.9. The summed E-state index contributed by atoms with van der Waals surface area (Å²) in [6.45, 7) is 2.03. The summed E-state index contributed by atoms with van der Waals surface area (Å²) in [6, 6.07) is 5.39. The van der Waals surface area contributed by atoms with E-state index in [9.17, 15) is 4.79 Å². The Morgan fingerprint density at radius 3 is 2.75 bits per heavy atom. The SMILES string of the molecule is COc1ccc(OC)c(CNC(=O)c2n[nH]c(C)n2)c1. The molecule has 0 fully saturated rings. The van der Waals surface area contributed by atoms with E-state index in [1.54, 1.807) is 33.3 Å². The number of amides is 1. The van der Waals surface area contributed by atoms with Gasteiger partial charge in [-0.2, -0.15) is 0 Å². The van der Waals surface area contributed by atoms with E-state index in [4.69, 9.17) is 9.47 Å². The van der Waals surface area contributed by atoms with E-state index in [-0.39, 0.29) is 11.7 Å². The van der Waals surface area contributed by atoms with Crippen LogP contribution in [-0.2, 0) is 6.54 Å². The maximum Gasteiger partial charge on any atom is 0.291 e. The second-order valence-electron chi connectivity index (χ2n) is 4.10. The van der Waals surface area contributed by atoms with Crippen molar-refractivity contribution in [2.45, 2.75) is 13.5 Å². The monoisotopic (exact) mass is 276 g/mol. The van der Waals surface area contributed by atoms with Gasteiger partial charge in [0.05, 0.1) is 14.2 Å². The van der Waals surface area contributed by atoms with Crippen molar-refractivity contribution in [3.63, 3.8) is 0 Å². The summed E-state index contributed by atoms with van der Waals surface area (Å²) in [5.74, 6) is 1.73. The predicted molar refractivity (Wildman–Crippen MR) is 71.8 cm³/mol. The molecule has 1 aromatic heterocycles. The minimum absolute atomic E-state index is 0.115. The quantitative estimate of drug-likeness (QED) is 0.852. The molecule has 0 saturated carbocycles. The molecule has 1 amide bonds. The van der Waals surface area contributed by atoms with E-state index < -0.39 is 0 Å². The molecule has 0 saturated heterocycles. The third kappa shape index (κ3) is 3.05. The molecule has 0 aliphatic heterocycles. The number of carbonyl (C=O) groups excluding carboxylic acids is 1. The lowest BCUT2D eigenvalue weighted by Gasteiger charge is -2.10. The Labute approximate surface area is 116 Å². The van der Waals surface area contributed by atoms with E-state index >= 15 is 0 Å². The number of aromatic nitrogens is 3. The molecular weight excluding hydrogens is 260 g/mol. The summed E-state index contributed by atoms with van der Waals surface area (Å²) in [5.41, 5.74) is 0.812. The molecule has 0 aliphatic carbocycles. The third-order valence-electron chi connectivity index (χ3n) is 2.73. The van der Waals surface area contributed by atoms with Gasteiger partial charge >= 0.3 is 0 Å². The summed E-state index contributed by atoms with van der Waals surface area (Å²) in [6.07, 6.45) is 0. The molecule has 1 aromatic carbocycles. The molecule has 1 heterocycles. The van der Waals surface area contributed by atoms with Crippen molar-refractivity contribution in [1.29, 1.82) is 0 Å². The van der Waals surface area contributed by atoms with E-state index in [0.717, 1.165) is 5.56 Å². The number of benzene rings is 1. The lowest BCUT2D eigenvalue weighted by Crippen LogP contribution is -2.24. The van der Waals surface area contributed by atoms with Gasteiger partial charge in [-0.3, -0.25) is 9.89 Å². The number of H-pyrrole nitrogens is 1. The molecule has 7 heteroatoms. The topological polar surface area (TPSA) is 89.1 Å². The van der Waals surface area contributed by atoms with Crippen LogP contribution in [-0.4, -0.2) is 35.3 Å². The average Bonchev–Trinajstić information content (AvgIpc) is 2.91. The standard InChI is InChI=1S/C13H16N4O3/c1-8-15-12(17-16-8)13(18)14-7-9-6-10(19-2)4-5-11(9)20-3/h4-6H,7H2,1-3H3,(H,14,18)(H,15,16,17). The third-order valence-corrected chi connectivity index (χ3v) is 2.73. The van der Waals surface area contributed by atoms with E-state index in [1.165, 1.54) is 0 Å². The van der Waals surface area contributed by atoms with Crippen LogP contribution in [0.15, 0.2) is 18.2 Å². The first-order chi connectivity index (χ1) is 9.63. The number of hydrogen-bond acceptors (Lipinski definition) is 5. The van der Waals surface area contributed by atoms with Gasteiger partial charge in [-0.25, -0.2) is 4.98 Å². The molecule has 20 heavy (non-hydrogen) atoms. The van der Waals surface area contributed by atoms with Crippen molar-refractivity contribution in [1.82, 2.24) is 20.5 Å². The van der Waals surface area contributed by atoms with Crippen molar-refractivity contribution in [2.75, 3.05) is 14.2 Å². The zero-order valence-corrected chi connectivity index (χ0v) is 11.6. The normalized spacial score (nSPS) is 10.2. The number of aromatic amines is 1. The number of rotatable bonds is 5. The second kappa shape index (κ2) is 6.05. The van der Waals surface area contributed by atoms with Gasteiger partial charge in [0, 0.05) is 12.1 Å². The fraction of sp³-hybridized carbons (Fsp3) is 0.308. The summed E-state index contributed by atoms with van der Waals surface area (Å²) in [7, 11) is 3.16. The van der Waals surface area contributed by atoms with Gasteiger partial charge in [-0.05, 0) is 25.1 Å². The summed E-state index contributed by atoms with van der Waals surface area (Å²) in [5, 5.41) is 9.16. The van der Waals surface area contributed by atoms with Crippen LogP contribution in [0.1, 0.15) is 22.0 Å². The fourth-order valence-corrected chi connectivity index (χ4v) is 1.72. The molecule has 106 valence electrons. The Hall–Kier alpha value is -2.57. The minimum Gasteiger partial charge on any atom is -0.497 e. The second-order valence-corrected chi connectivity index (χ2v) is 4.10. The molecule has 0 radical (unpaired) electrons. The lowest BCUT2D eigenvalue weighted by molar-refractivity contribution is 0.0940. The highest BCUT2D eigenvalue weighted by atomic mass is 16.5. The Bertz CT molecular complexity index is 609. The molecule has 0 atom stereocenters. The molecule has 0 unspecified atom stereocenters. The van der Waals surface area contributed by atoms with Crippen molar-refractivity contribution in [2.24, 2.45) is 0 Å². The first-order valence-corrected chi connectivity index (χ1v) is 6.02. The number of carbonyl (C=O) groups is 1. The van der Waals surface area contributed by atoms with Gasteiger partial charge < -0.3 is 14.8 Å². The summed E-state index contributed by atoms with van der Waals surface area (Å²) < 4.78 is 10.4. The number of methoxy groups -OCH3 is 2. The van der Waals surface area contributed by atoms with Crippen molar-refractivity contribution in [3.05, 3.63) is 35.4 Å². The Morgan fingerprint density at radius 1 is 1.35 bits per heavy atom. The molecule has 2 rings (SSSR count). The highest BCUT2D eigenvalue weighted by Crippen LogP contribution is 2.23. The molecule has 0 aliphatic rings. The van der Waals surface area contributed by atoms with Crippen LogP contribution in [0.2, 0.25) is 0 Å². The van der Waals surface area contributed by atoms with Gasteiger partial charge in [0.2, 0.25) is 5.82 Å². The van der Waals surface area contributed by atoms with Crippen molar-refractivity contribution < 1.29 is 14.3 Å². The van der Waals surface area contributed by atoms with Crippen LogP contribution in [0.3, 0.4) is 0 Å². The first-order valence-electron chi connectivity index (χ1n) is 6.02. The number of aryl methyl sites for hydroxylation is 1.